The molecule has 0 spiro atoms. The summed E-state index contributed by atoms with van der Waals surface area (Å²) in [7, 11) is 1.65. The van der Waals surface area contributed by atoms with Gasteiger partial charge < -0.3 is 14.8 Å². The minimum Gasteiger partial charge on any atom is -0.485 e. The minimum atomic E-state index is -0.347. The van der Waals surface area contributed by atoms with Crippen molar-refractivity contribution in [1.82, 2.24) is 10.3 Å². The van der Waals surface area contributed by atoms with E-state index in [4.69, 9.17) is 9.47 Å². The van der Waals surface area contributed by atoms with Gasteiger partial charge in [0.05, 0.1) is 17.0 Å². The van der Waals surface area contributed by atoms with Crippen molar-refractivity contribution in [3.05, 3.63) is 46.2 Å². The second kappa shape index (κ2) is 7.94. The second-order valence-corrected chi connectivity index (χ2v) is 5.12. The van der Waals surface area contributed by atoms with E-state index in [-0.39, 0.29) is 5.82 Å². The predicted molar refractivity (Wildman–Crippen MR) is 76.4 cm³/mol. The van der Waals surface area contributed by atoms with Crippen molar-refractivity contribution < 1.29 is 13.9 Å². The zero-order valence-corrected chi connectivity index (χ0v) is 12.1. The van der Waals surface area contributed by atoms with Crippen LogP contribution in [0, 0.1) is 5.82 Å². The fraction of sp³-hybridized carbons (Fsp3) is 0.357. The van der Waals surface area contributed by atoms with Crippen molar-refractivity contribution >= 4 is 11.3 Å². The molecule has 108 valence electrons. The van der Waals surface area contributed by atoms with Crippen LogP contribution in [-0.2, 0) is 17.9 Å². The zero-order valence-electron chi connectivity index (χ0n) is 11.3. The first-order chi connectivity index (χ1) is 9.81. The lowest BCUT2D eigenvalue weighted by atomic mass is 10.2. The summed E-state index contributed by atoms with van der Waals surface area (Å²) in [5, 5.41) is 3.18. The van der Waals surface area contributed by atoms with Gasteiger partial charge in [0.25, 0.3) is 0 Å². The second-order valence-electron chi connectivity index (χ2n) is 4.15. The van der Waals surface area contributed by atoms with Crippen LogP contribution in [0.2, 0.25) is 0 Å². The molecule has 1 aromatic heterocycles. The highest BCUT2D eigenvalue weighted by molar-refractivity contribution is 7.09. The molecule has 0 aliphatic heterocycles. The molecule has 2 rings (SSSR count). The van der Waals surface area contributed by atoms with Crippen LogP contribution in [0.25, 0.3) is 0 Å². The van der Waals surface area contributed by atoms with E-state index < -0.39 is 0 Å². The molecular weight excluding hydrogens is 279 g/mol. The van der Waals surface area contributed by atoms with Crippen molar-refractivity contribution in [2.75, 3.05) is 20.3 Å². The van der Waals surface area contributed by atoms with E-state index in [0.29, 0.717) is 32.1 Å². The lowest BCUT2D eigenvalue weighted by molar-refractivity contribution is 0.199. The topological polar surface area (TPSA) is 43.4 Å². The van der Waals surface area contributed by atoms with Crippen LogP contribution in [0.5, 0.6) is 5.75 Å². The van der Waals surface area contributed by atoms with Crippen molar-refractivity contribution in [2.24, 2.45) is 0 Å². The molecule has 1 aromatic carbocycles. The highest BCUT2D eigenvalue weighted by Crippen LogP contribution is 2.24. The van der Waals surface area contributed by atoms with Crippen LogP contribution < -0.4 is 10.1 Å². The van der Waals surface area contributed by atoms with Crippen LogP contribution in [-0.4, -0.2) is 25.2 Å². The van der Waals surface area contributed by atoms with Gasteiger partial charge in [0.2, 0.25) is 0 Å². The molecule has 2 aromatic rings. The van der Waals surface area contributed by atoms with Crippen molar-refractivity contribution in [2.45, 2.75) is 13.2 Å². The third kappa shape index (κ3) is 4.26. The summed E-state index contributed by atoms with van der Waals surface area (Å²) >= 11 is 1.49. The van der Waals surface area contributed by atoms with Gasteiger partial charge in [0, 0.05) is 32.0 Å². The van der Waals surface area contributed by atoms with Crippen molar-refractivity contribution in [1.29, 1.82) is 0 Å². The molecule has 0 bridgehead atoms. The molecule has 1 N–H and O–H groups in total. The first-order valence-corrected chi connectivity index (χ1v) is 7.16. The lowest BCUT2D eigenvalue weighted by Crippen LogP contribution is -2.19. The van der Waals surface area contributed by atoms with Crippen LogP contribution in [0.4, 0.5) is 4.39 Å². The number of ether oxygens (including phenoxy) is 2. The average Bonchev–Trinajstić information content (AvgIpc) is 2.96. The number of aromatic nitrogens is 1. The maximum atomic E-state index is 13.9. The quantitative estimate of drug-likeness (QED) is 0.760. The Labute approximate surface area is 121 Å². The van der Waals surface area contributed by atoms with E-state index in [9.17, 15) is 4.39 Å². The van der Waals surface area contributed by atoms with Gasteiger partial charge in [-0.25, -0.2) is 4.39 Å². The van der Waals surface area contributed by atoms with E-state index >= 15 is 0 Å². The van der Waals surface area contributed by atoms with Crippen LogP contribution in [0.15, 0.2) is 29.9 Å². The van der Waals surface area contributed by atoms with Gasteiger partial charge in [-0.15, -0.1) is 11.3 Å². The van der Waals surface area contributed by atoms with Crippen molar-refractivity contribution in [3.63, 3.8) is 0 Å². The molecule has 20 heavy (non-hydrogen) atoms. The molecular formula is C14H17FN2O2S. The van der Waals surface area contributed by atoms with Gasteiger partial charge in [-0.05, 0) is 6.07 Å². The Morgan fingerprint density at radius 1 is 1.40 bits per heavy atom. The molecule has 1 heterocycles. The van der Waals surface area contributed by atoms with E-state index in [1.165, 1.54) is 17.4 Å². The summed E-state index contributed by atoms with van der Waals surface area (Å²) in [5.41, 5.74) is 2.53. The lowest BCUT2D eigenvalue weighted by Gasteiger charge is -2.12. The monoisotopic (exact) mass is 296 g/mol. The number of hydrogen-bond donors (Lipinski definition) is 1. The van der Waals surface area contributed by atoms with Gasteiger partial charge in [0.1, 0.15) is 6.61 Å². The molecule has 4 nitrogen and oxygen atoms in total. The van der Waals surface area contributed by atoms with E-state index in [1.54, 1.807) is 24.9 Å². The van der Waals surface area contributed by atoms with Crippen LogP contribution >= 0.6 is 11.3 Å². The van der Waals surface area contributed by atoms with Gasteiger partial charge in [0.15, 0.2) is 11.6 Å². The number of rotatable bonds is 8. The summed E-state index contributed by atoms with van der Waals surface area (Å²) in [6.07, 6.45) is 1.72. The summed E-state index contributed by atoms with van der Waals surface area (Å²) in [6, 6.07) is 4.94. The smallest absolute Gasteiger partial charge is 0.165 e. The highest BCUT2D eigenvalue weighted by Gasteiger charge is 2.10. The van der Waals surface area contributed by atoms with Crippen molar-refractivity contribution in [3.8, 4) is 5.75 Å². The zero-order chi connectivity index (χ0) is 14.2. The first kappa shape index (κ1) is 14.9. The minimum absolute atomic E-state index is 0.297. The number of benzene rings is 1. The molecule has 0 aliphatic carbocycles. The van der Waals surface area contributed by atoms with Gasteiger partial charge in [-0.2, -0.15) is 0 Å². The molecule has 0 amide bonds. The fourth-order valence-corrected chi connectivity index (χ4v) is 2.21. The number of halogens is 1. The molecule has 0 saturated heterocycles. The standard InChI is InChI=1S/C14H17FN2O2S/c1-18-6-5-16-7-11-3-2-4-13(15)14(11)19-9-12-8-17-10-20-12/h2-4,8,10,16H,5-7,9H2,1H3. The van der Waals surface area contributed by atoms with Gasteiger partial charge in [-0.1, -0.05) is 12.1 Å². The predicted octanol–water partition coefficient (Wildman–Crippen LogP) is 2.60. The number of hydrogen-bond acceptors (Lipinski definition) is 5. The molecule has 0 atom stereocenters. The van der Waals surface area contributed by atoms with Crippen LogP contribution in [0.1, 0.15) is 10.4 Å². The molecule has 6 heteroatoms. The number of methoxy groups -OCH3 is 1. The van der Waals surface area contributed by atoms with E-state index in [1.807, 2.05) is 6.07 Å². The molecule has 0 aliphatic rings. The fourth-order valence-electron chi connectivity index (χ4n) is 1.71. The number of para-hydroxylation sites is 1. The number of nitrogens with one attached hydrogen (secondary N) is 1. The summed E-state index contributed by atoms with van der Waals surface area (Å²) in [4.78, 5) is 4.93. The Hall–Kier alpha value is -1.50. The summed E-state index contributed by atoms with van der Waals surface area (Å²) < 4.78 is 24.4. The Kier molecular flexibility index (Phi) is 5.91. The normalized spacial score (nSPS) is 10.7. The molecule has 0 fully saturated rings. The van der Waals surface area contributed by atoms with E-state index in [0.717, 1.165) is 10.4 Å². The SMILES string of the molecule is COCCNCc1cccc(F)c1OCc1cncs1. The molecule has 0 saturated carbocycles. The number of thiazole rings is 1. The maximum absolute atomic E-state index is 13.9. The first-order valence-electron chi connectivity index (χ1n) is 6.28. The van der Waals surface area contributed by atoms with Gasteiger partial charge >= 0.3 is 0 Å². The maximum Gasteiger partial charge on any atom is 0.165 e. The Morgan fingerprint density at radius 3 is 3.05 bits per heavy atom. The largest absolute Gasteiger partial charge is 0.485 e. The number of nitrogens with zero attached hydrogens (tertiary/aromatic N) is 1. The summed E-state index contributed by atoms with van der Waals surface area (Å²) in [6.45, 7) is 2.20. The van der Waals surface area contributed by atoms with Crippen LogP contribution in [0.3, 0.4) is 0 Å². The highest BCUT2D eigenvalue weighted by atomic mass is 32.1. The van der Waals surface area contributed by atoms with Gasteiger partial charge in [-0.3, -0.25) is 4.98 Å². The molecule has 0 radical (unpaired) electrons. The Balaban J connectivity index is 1.98. The third-order valence-electron chi connectivity index (χ3n) is 2.69. The Morgan fingerprint density at radius 2 is 2.30 bits per heavy atom. The Bertz CT molecular complexity index is 520. The van der Waals surface area contributed by atoms with E-state index in [2.05, 4.69) is 10.3 Å². The third-order valence-corrected chi connectivity index (χ3v) is 3.44. The summed E-state index contributed by atoms with van der Waals surface area (Å²) in [5.74, 6) is -0.0497. The molecule has 0 unspecified atom stereocenters. The average molecular weight is 296 g/mol.